The molecule has 4 nitrogen and oxygen atoms in total. The van der Waals surface area contributed by atoms with Crippen LogP contribution in [0.3, 0.4) is 0 Å². The second-order valence-electron chi connectivity index (χ2n) is 5.88. The fourth-order valence-corrected chi connectivity index (χ4v) is 2.09. The average molecular weight is 242 g/mol. The van der Waals surface area contributed by atoms with Crippen LogP contribution in [0.1, 0.15) is 47.5 Å². The first-order valence-corrected chi connectivity index (χ1v) is 6.56. The topological polar surface area (TPSA) is 41.6 Å². The quantitative estimate of drug-likeness (QED) is 0.808. The Balaban J connectivity index is 2.65. The number of hydrogen-bond acceptors (Lipinski definition) is 3. The van der Waals surface area contributed by atoms with Crippen LogP contribution in [0.25, 0.3) is 0 Å². The van der Waals surface area contributed by atoms with Crippen molar-refractivity contribution >= 4 is 6.09 Å². The number of carbonyl (C=O) groups is 1. The van der Waals surface area contributed by atoms with Gasteiger partial charge in [-0.05, 0) is 34.1 Å². The summed E-state index contributed by atoms with van der Waals surface area (Å²) in [5.41, 5.74) is -0.415. The molecular formula is C13H26N2O2. The van der Waals surface area contributed by atoms with Crippen molar-refractivity contribution < 1.29 is 9.53 Å². The number of carbonyl (C=O) groups excluding carboxylic acids is 1. The number of piperazine rings is 1. The van der Waals surface area contributed by atoms with Gasteiger partial charge in [0.2, 0.25) is 0 Å². The van der Waals surface area contributed by atoms with Crippen LogP contribution < -0.4 is 5.32 Å². The minimum Gasteiger partial charge on any atom is -0.444 e. The van der Waals surface area contributed by atoms with Gasteiger partial charge in [0.1, 0.15) is 5.60 Å². The summed E-state index contributed by atoms with van der Waals surface area (Å²) in [4.78, 5) is 14.0. The maximum Gasteiger partial charge on any atom is 0.410 e. The number of ether oxygens (including phenoxy) is 1. The van der Waals surface area contributed by atoms with E-state index < -0.39 is 5.60 Å². The van der Waals surface area contributed by atoms with Gasteiger partial charge in [0.05, 0.1) is 0 Å². The van der Waals surface area contributed by atoms with Gasteiger partial charge >= 0.3 is 6.09 Å². The molecule has 1 rings (SSSR count). The molecule has 4 heteroatoms. The van der Waals surface area contributed by atoms with Crippen molar-refractivity contribution in [3.8, 4) is 0 Å². The van der Waals surface area contributed by atoms with E-state index in [0.29, 0.717) is 6.04 Å². The van der Waals surface area contributed by atoms with Crippen molar-refractivity contribution in [3.63, 3.8) is 0 Å². The predicted molar refractivity (Wildman–Crippen MR) is 69.1 cm³/mol. The minimum atomic E-state index is -0.415. The molecule has 1 aliphatic rings. The zero-order valence-electron chi connectivity index (χ0n) is 11.7. The second kappa shape index (κ2) is 5.71. The van der Waals surface area contributed by atoms with Gasteiger partial charge in [0.25, 0.3) is 0 Å². The van der Waals surface area contributed by atoms with Crippen LogP contribution in [0, 0.1) is 0 Å². The molecule has 1 heterocycles. The molecule has 1 N–H and O–H groups in total. The Morgan fingerprint density at radius 3 is 2.65 bits per heavy atom. The fraction of sp³-hybridized carbons (Fsp3) is 0.923. The SMILES string of the molecule is CCCC1CNC(C)CN1C(=O)OC(C)(C)C. The Hall–Kier alpha value is -0.770. The summed E-state index contributed by atoms with van der Waals surface area (Å²) >= 11 is 0. The molecule has 2 atom stereocenters. The predicted octanol–water partition coefficient (Wildman–Crippen LogP) is 2.38. The maximum atomic E-state index is 12.1. The first-order valence-electron chi connectivity index (χ1n) is 6.56. The van der Waals surface area contributed by atoms with Gasteiger partial charge in [0.15, 0.2) is 0 Å². The van der Waals surface area contributed by atoms with Gasteiger partial charge in [-0.15, -0.1) is 0 Å². The number of rotatable bonds is 2. The monoisotopic (exact) mass is 242 g/mol. The van der Waals surface area contributed by atoms with E-state index in [0.717, 1.165) is 25.9 Å². The highest BCUT2D eigenvalue weighted by molar-refractivity contribution is 5.68. The molecule has 1 fully saturated rings. The first kappa shape index (κ1) is 14.3. The maximum absolute atomic E-state index is 12.1. The molecule has 17 heavy (non-hydrogen) atoms. The lowest BCUT2D eigenvalue weighted by Gasteiger charge is -2.39. The zero-order valence-corrected chi connectivity index (χ0v) is 11.7. The lowest BCUT2D eigenvalue weighted by molar-refractivity contribution is 0.00717. The van der Waals surface area contributed by atoms with E-state index in [9.17, 15) is 4.79 Å². The van der Waals surface area contributed by atoms with Crippen molar-refractivity contribution in [2.75, 3.05) is 13.1 Å². The molecule has 0 bridgehead atoms. The third-order valence-electron chi connectivity index (χ3n) is 2.86. The molecule has 0 aromatic carbocycles. The highest BCUT2D eigenvalue weighted by Gasteiger charge is 2.31. The molecule has 0 spiro atoms. The Kier molecular flexibility index (Phi) is 4.80. The Labute approximate surface area is 105 Å². The van der Waals surface area contributed by atoms with Crippen molar-refractivity contribution in [2.45, 2.75) is 65.1 Å². The standard InChI is InChI=1S/C13H26N2O2/c1-6-7-11-8-14-10(2)9-15(11)12(16)17-13(3,4)5/h10-11,14H,6-9H2,1-5H3. The van der Waals surface area contributed by atoms with Crippen LogP contribution in [-0.4, -0.2) is 41.8 Å². The molecule has 0 aromatic heterocycles. The lowest BCUT2D eigenvalue weighted by Crippen LogP contribution is -2.58. The average Bonchev–Trinajstić information content (AvgIpc) is 2.18. The Morgan fingerprint density at radius 1 is 1.47 bits per heavy atom. The van der Waals surface area contributed by atoms with E-state index in [1.807, 2.05) is 25.7 Å². The molecule has 2 unspecified atom stereocenters. The number of hydrogen-bond donors (Lipinski definition) is 1. The molecule has 100 valence electrons. The highest BCUT2D eigenvalue weighted by atomic mass is 16.6. The summed E-state index contributed by atoms with van der Waals surface area (Å²) in [6, 6.07) is 0.613. The smallest absolute Gasteiger partial charge is 0.410 e. The Bertz CT molecular complexity index is 261. The van der Waals surface area contributed by atoms with Gasteiger partial charge in [-0.2, -0.15) is 0 Å². The van der Waals surface area contributed by atoms with Crippen LogP contribution in [0.4, 0.5) is 4.79 Å². The first-order chi connectivity index (χ1) is 7.83. The van der Waals surface area contributed by atoms with Gasteiger partial charge in [-0.25, -0.2) is 4.79 Å². The van der Waals surface area contributed by atoms with Crippen LogP contribution in [0.5, 0.6) is 0 Å². The van der Waals surface area contributed by atoms with Gasteiger partial charge in [0, 0.05) is 25.2 Å². The van der Waals surface area contributed by atoms with Crippen molar-refractivity contribution in [1.29, 1.82) is 0 Å². The normalized spacial score (nSPS) is 25.8. The molecule has 0 aromatic rings. The lowest BCUT2D eigenvalue weighted by atomic mass is 10.1. The van der Waals surface area contributed by atoms with Crippen molar-refractivity contribution in [2.24, 2.45) is 0 Å². The van der Waals surface area contributed by atoms with E-state index in [-0.39, 0.29) is 12.1 Å². The van der Waals surface area contributed by atoms with E-state index in [1.165, 1.54) is 0 Å². The van der Waals surface area contributed by atoms with Crippen molar-refractivity contribution in [3.05, 3.63) is 0 Å². The van der Waals surface area contributed by atoms with Crippen LogP contribution >= 0.6 is 0 Å². The van der Waals surface area contributed by atoms with E-state index in [4.69, 9.17) is 4.74 Å². The summed E-state index contributed by atoms with van der Waals surface area (Å²) in [5, 5.41) is 3.42. The van der Waals surface area contributed by atoms with E-state index >= 15 is 0 Å². The molecule has 1 amide bonds. The third kappa shape index (κ3) is 4.54. The molecule has 0 saturated carbocycles. The molecule has 0 radical (unpaired) electrons. The summed E-state index contributed by atoms with van der Waals surface area (Å²) in [7, 11) is 0. The van der Waals surface area contributed by atoms with E-state index in [1.54, 1.807) is 0 Å². The molecule has 0 aliphatic carbocycles. The number of nitrogens with one attached hydrogen (secondary N) is 1. The van der Waals surface area contributed by atoms with Gasteiger partial charge < -0.3 is 15.0 Å². The summed E-state index contributed by atoms with van der Waals surface area (Å²) < 4.78 is 5.46. The number of amides is 1. The van der Waals surface area contributed by atoms with Crippen molar-refractivity contribution in [1.82, 2.24) is 10.2 Å². The van der Waals surface area contributed by atoms with Crippen LogP contribution in [-0.2, 0) is 4.74 Å². The third-order valence-corrected chi connectivity index (χ3v) is 2.86. The summed E-state index contributed by atoms with van der Waals surface area (Å²) in [6.07, 6.45) is 1.93. The largest absolute Gasteiger partial charge is 0.444 e. The second-order valence-corrected chi connectivity index (χ2v) is 5.88. The Morgan fingerprint density at radius 2 is 2.12 bits per heavy atom. The van der Waals surface area contributed by atoms with E-state index in [2.05, 4.69) is 19.2 Å². The zero-order chi connectivity index (χ0) is 13.1. The molecule has 1 aliphatic heterocycles. The summed E-state index contributed by atoms with van der Waals surface area (Å²) in [6.45, 7) is 11.6. The van der Waals surface area contributed by atoms with Crippen LogP contribution in [0.2, 0.25) is 0 Å². The van der Waals surface area contributed by atoms with Gasteiger partial charge in [-0.3, -0.25) is 0 Å². The number of nitrogens with zero attached hydrogens (tertiary/aromatic N) is 1. The summed E-state index contributed by atoms with van der Waals surface area (Å²) in [5.74, 6) is 0. The molecule has 1 saturated heterocycles. The molecular weight excluding hydrogens is 216 g/mol. The van der Waals surface area contributed by atoms with Gasteiger partial charge in [-0.1, -0.05) is 13.3 Å². The minimum absolute atomic E-state index is 0.177. The highest BCUT2D eigenvalue weighted by Crippen LogP contribution is 2.17. The fourth-order valence-electron chi connectivity index (χ4n) is 2.09. The van der Waals surface area contributed by atoms with Crippen LogP contribution in [0.15, 0.2) is 0 Å².